The van der Waals surface area contributed by atoms with Crippen LogP contribution in [-0.2, 0) is 0 Å². The van der Waals surface area contributed by atoms with Crippen molar-refractivity contribution in [1.82, 2.24) is 4.57 Å². The van der Waals surface area contributed by atoms with E-state index in [1.54, 1.807) is 31.4 Å². The van der Waals surface area contributed by atoms with E-state index in [-0.39, 0.29) is 10.7 Å². The zero-order chi connectivity index (χ0) is 13.1. The molecule has 0 fully saturated rings. The van der Waals surface area contributed by atoms with Crippen LogP contribution in [0.1, 0.15) is 20.8 Å². The van der Waals surface area contributed by atoms with Crippen LogP contribution in [0.3, 0.4) is 0 Å². The molecule has 0 bridgehead atoms. The van der Waals surface area contributed by atoms with E-state index < -0.39 is 0 Å². The number of ether oxygens (including phenoxy) is 1. The SMILES string of the molecule is COc1ccc(-n2c(C=O)cc(C=O)c2Cl)cc1. The van der Waals surface area contributed by atoms with Gasteiger partial charge in [0.25, 0.3) is 0 Å². The van der Waals surface area contributed by atoms with E-state index in [9.17, 15) is 9.59 Å². The Morgan fingerprint density at radius 3 is 2.33 bits per heavy atom. The van der Waals surface area contributed by atoms with Crippen LogP contribution in [0.5, 0.6) is 5.75 Å². The van der Waals surface area contributed by atoms with Crippen molar-refractivity contribution in [2.45, 2.75) is 0 Å². The highest BCUT2D eigenvalue weighted by atomic mass is 35.5. The number of carbonyl (C=O) groups is 2. The third-order valence-electron chi connectivity index (χ3n) is 2.57. The second kappa shape index (κ2) is 5.06. The van der Waals surface area contributed by atoms with E-state index in [2.05, 4.69) is 0 Å². The van der Waals surface area contributed by atoms with Crippen LogP contribution in [0.2, 0.25) is 5.15 Å². The number of rotatable bonds is 4. The molecule has 92 valence electrons. The van der Waals surface area contributed by atoms with Crippen LogP contribution in [0.25, 0.3) is 5.69 Å². The minimum atomic E-state index is 0.220. The average molecular weight is 264 g/mol. The first kappa shape index (κ1) is 12.4. The Morgan fingerprint density at radius 1 is 1.17 bits per heavy atom. The molecule has 5 heteroatoms. The van der Waals surface area contributed by atoms with Crippen molar-refractivity contribution >= 4 is 24.2 Å². The molecular formula is C13H10ClNO3. The lowest BCUT2D eigenvalue weighted by molar-refractivity contribution is 0.111. The van der Waals surface area contributed by atoms with E-state index in [0.29, 0.717) is 29.7 Å². The Bertz CT molecular complexity index is 587. The van der Waals surface area contributed by atoms with E-state index in [1.165, 1.54) is 10.6 Å². The zero-order valence-electron chi connectivity index (χ0n) is 9.59. The molecule has 0 amide bonds. The molecule has 0 N–H and O–H groups in total. The number of nitrogens with zero attached hydrogens (tertiary/aromatic N) is 1. The van der Waals surface area contributed by atoms with Gasteiger partial charge >= 0.3 is 0 Å². The molecule has 1 aromatic carbocycles. The standard InChI is InChI=1S/C13H10ClNO3/c1-18-12-4-2-10(3-5-12)15-11(8-17)6-9(7-16)13(15)14/h2-8H,1H3. The lowest BCUT2D eigenvalue weighted by Crippen LogP contribution is -1.99. The van der Waals surface area contributed by atoms with Gasteiger partial charge in [-0.2, -0.15) is 0 Å². The first-order valence-corrected chi connectivity index (χ1v) is 5.55. The molecule has 0 aliphatic carbocycles. The Morgan fingerprint density at radius 2 is 1.83 bits per heavy atom. The molecule has 1 aromatic heterocycles. The predicted octanol–water partition coefficient (Wildman–Crippen LogP) is 2.76. The highest BCUT2D eigenvalue weighted by molar-refractivity contribution is 6.32. The first-order valence-electron chi connectivity index (χ1n) is 5.17. The van der Waals surface area contributed by atoms with Crippen LogP contribution in [-0.4, -0.2) is 24.2 Å². The number of aldehydes is 2. The summed E-state index contributed by atoms with van der Waals surface area (Å²) in [5, 5.41) is 0.220. The van der Waals surface area contributed by atoms with Gasteiger partial charge in [-0.15, -0.1) is 0 Å². The van der Waals surface area contributed by atoms with Crippen molar-refractivity contribution in [3.63, 3.8) is 0 Å². The molecule has 18 heavy (non-hydrogen) atoms. The molecule has 0 spiro atoms. The summed E-state index contributed by atoms with van der Waals surface area (Å²) in [6.07, 6.45) is 1.28. The lowest BCUT2D eigenvalue weighted by Gasteiger charge is -2.08. The van der Waals surface area contributed by atoms with Crippen LogP contribution >= 0.6 is 11.6 Å². The van der Waals surface area contributed by atoms with Crippen molar-refractivity contribution in [3.8, 4) is 11.4 Å². The minimum absolute atomic E-state index is 0.220. The van der Waals surface area contributed by atoms with E-state index in [4.69, 9.17) is 16.3 Å². The summed E-state index contributed by atoms with van der Waals surface area (Å²) >= 11 is 6.06. The number of benzene rings is 1. The van der Waals surface area contributed by atoms with Gasteiger partial charge in [0.2, 0.25) is 0 Å². The number of hydrogen-bond acceptors (Lipinski definition) is 3. The molecule has 0 saturated heterocycles. The fourth-order valence-electron chi connectivity index (χ4n) is 1.69. The second-order valence-corrected chi connectivity index (χ2v) is 3.94. The summed E-state index contributed by atoms with van der Waals surface area (Å²) in [6.45, 7) is 0. The molecule has 0 aliphatic heterocycles. The number of aromatic nitrogens is 1. The van der Waals surface area contributed by atoms with E-state index >= 15 is 0 Å². The molecule has 0 saturated carbocycles. The van der Waals surface area contributed by atoms with Crippen molar-refractivity contribution in [2.24, 2.45) is 0 Å². The van der Waals surface area contributed by atoms with Gasteiger partial charge in [0.05, 0.1) is 18.4 Å². The van der Waals surface area contributed by atoms with Crippen molar-refractivity contribution in [2.75, 3.05) is 7.11 Å². The van der Waals surface area contributed by atoms with E-state index in [0.717, 1.165) is 0 Å². The lowest BCUT2D eigenvalue weighted by atomic mass is 10.3. The Kier molecular flexibility index (Phi) is 3.48. The van der Waals surface area contributed by atoms with Gasteiger partial charge in [0, 0.05) is 5.69 Å². The Hall–Kier alpha value is -2.07. The third kappa shape index (κ3) is 2.02. The van der Waals surface area contributed by atoms with Gasteiger partial charge in [0.1, 0.15) is 10.9 Å². The Balaban J connectivity index is 2.57. The fraction of sp³-hybridized carbons (Fsp3) is 0.0769. The number of methoxy groups -OCH3 is 1. The largest absolute Gasteiger partial charge is 0.497 e. The minimum Gasteiger partial charge on any atom is -0.497 e. The van der Waals surface area contributed by atoms with Crippen LogP contribution in [0.4, 0.5) is 0 Å². The maximum absolute atomic E-state index is 11.0. The Labute approximate surface area is 109 Å². The molecule has 2 aromatic rings. The average Bonchev–Trinajstić information content (AvgIpc) is 2.75. The summed E-state index contributed by atoms with van der Waals surface area (Å²) < 4.78 is 6.56. The van der Waals surface area contributed by atoms with Gasteiger partial charge in [-0.1, -0.05) is 11.6 Å². The maximum atomic E-state index is 11.0. The van der Waals surface area contributed by atoms with Crippen LogP contribution in [0.15, 0.2) is 30.3 Å². The highest BCUT2D eigenvalue weighted by Crippen LogP contribution is 2.25. The summed E-state index contributed by atoms with van der Waals surface area (Å²) in [5.41, 5.74) is 1.30. The number of hydrogen-bond donors (Lipinski definition) is 0. The molecule has 0 atom stereocenters. The molecule has 2 rings (SSSR count). The molecule has 4 nitrogen and oxygen atoms in total. The normalized spacial score (nSPS) is 10.1. The van der Waals surface area contributed by atoms with Gasteiger partial charge in [-0.25, -0.2) is 0 Å². The topological polar surface area (TPSA) is 48.3 Å². The smallest absolute Gasteiger partial charge is 0.166 e. The molecule has 1 heterocycles. The van der Waals surface area contributed by atoms with Crippen molar-refractivity contribution in [1.29, 1.82) is 0 Å². The van der Waals surface area contributed by atoms with Crippen molar-refractivity contribution in [3.05, 3.63) is 46.7 Å². The molecule has 0 aliphatic rings. The zero-order valence-corrected chi connectivity index (χ0v) is 10.3. The monoisotopic (exact) mass is 263 g/mol. The summed E-state index contributed by atoms with van der Waals surface area (Å²) in [6, 6.07) is 8.47. The third-order valence-corrected chi connectivity index (χ3v) is 2.96. The molecular weight excluding hydrogens is 254 g/mol. The number of halogens is 1. The predicted molar refractivity (Wildman–Crippen MR) is 68.1 cm³/mol. The number of carbonyl (C=O) groups excluding carboxylic acids is 2. The summed E-state index contributed by atoms with van der Waals surface area (Å²) in [4.78, 5) is 21.8. The molecule has 0 radical (unpaired) electrons. The summed E-state index contributed by atoms with van der Waals surface area (Å²) in [7, 11) is 1.57. The fourth-order valence-corrected chi connectivity index (χ4v) is 1.98. The first-order chi connectivity index (χ1) is 8.71. The maximum Gasteiger partial charge on any atom is 0.166 e. The van der Waals surface area contributed by atoms with Crippen molar-refractivity contribution < 1.29 is 14.3 Å². The van der Waals surface area contributed by atoms with E-state index in [1.807, 2.05) is 0 Å². The van der Waals surface area contributed by atoms with Gasteiger partial charge in [0.15, 0.2) is 12.6 Å². The summed E-state index contributed by atoms with van der Waals surface area (Å²) in [5.74, 6) is 0.699. The van der Waals surface area contributed by atoms with Crippen LogP contribution in [0, 0.1) is 0 Å². The highest BCUT2D eigenvalue weighted by Gasteiger charge is 2.13. The second-order valence-electron chi connectivity index (χ2n) is 3.58. The van der Waals surface area contributed by atoms with Gasteiger partial charge < -0.3 is 4.74 Å². The van der Waals surface area contributed by atoms with Gasteiger partial charge in [-0.3, -0.25) is 14.2 Å². The van der Waals surface area contributed by atoms with Gasteiger partial charge in [-0.05, 0) is 30.3 Å². The quantitative estimate of drug-likeness (QED) is 0.797. The van der Waals surface area contributed by atoms with Crippen LogP contribution < -0.4 is 4.74 Å². The molecule has 0 unspecified atom stereocenters.